The Morgan fingerprint density at radius 1 is 1.03 bits per heavy atom. The Bertz CT molecular complexity index is 933. The molecule has 4 saturated carbocycles. The van der Waals surface area contributed by atoms with E-state index in [1.165, 1.54) is 25.7 Å². The van der Waals surface area contributed by atoms with E-state index in [9.17, 15) is 15.0 Å². The molecule has 4 aliphatic rings. The average Bonchev–Trinajstić information content (AvgIpc) is 3.21. The largest absolute Gasteiger partial charge is 0.497 e. The fourth-order valence-corrected chi connectivity index (χ4v) is 9.63. The van der Waals surface area contributed by atoms with Gasteiger partial charge in [0.1, 0.15) is 5.75 Å². The number of nitrogens with one attached hydrogen (secondary N) is 1. The van der Waals surface area contributed by atoms with Crippen molar-refractivity contribution in [2.24, 2.45) is 46.3 Å². The second-order valence-corrected chi connectivity index (χ2v) is 13.2. The maximum Gasteiger partial charge on any atom is 0.224 e. The highest BCUT2D eigenvalue weighted by Crippen LogP contribution is 2.68. The Balaban J connectivity index is 1.22. The molecule has 1 amide bonds. The van der Waals surface area contributed by atoms with E-state index < -0.39 is 0 Å². The van der Waals surface area contributed by atoms with Crippen LogP contribution in [0.3, 0.4) is 0 Å². The molecular weight excluding hydrogens is 450 g/mol. The SMILES string of the molecule is COc1ccc(NC(=O)CCC(C)C2CCC3C4C(O)CC5CC(O)CCC5(C)C4CCC23C)cc1. The van der Waals surface area contributed by atoms with Crippen molar-refractivity contribution in [1.82, 2.24) is 0 Å². The van der Waals surface area contributed by atoms with Gasteiger partial charge in [-0.2, -0.15) is 0 Å². The van der Waals surface area contributed by atoms with Gasteiger partial charge in [0.15, 0.2) is 0 Å². The minimum absolute atomic E-state index is 0.0802. The molecule has 0 bridgehead atoms. The Labute approximate surface area is 217 Å². The van der Waals surface area contributed by atoms with Crippen molar-refractivity contribution in [3.05, 3.63) is 24.3 Å². The number of hydrogen-bond acceptors (Lipinski definition) is 4. The zero-order chi connectivity index (χ0) is 25.7. The van der Waals surface area contributed by atoms with Gasteiger partial charge in [0.05, 0.1) is 19.3 Å². The summed E-state index contributed by atoms with van der Waals surface area (Å²) in [4.78, 5) is 12.7. The minimum atomic E-state index is -0.229. The fraction of sp³-hybridized carbons (Fsp3) is 0.774. The van der Waals surface area contributed by atoms with Crippen LogP contribution >= 0.6 is 0 Å². The summed E-state index contributed by atoms with van der Waals surface area (Å²) in [5, 5.41) is 24.8. The van der Waals surface area contributed by atoms with E-state index in [4.69, 9.17) is 4.74 Å². The number of anilines is 1. The summed E-state index contributed by atoms with van der Waals surface area (Å²) in [6.07, 6.45) is 9.69. The van der Waals surface area contributed by atoms with Crippen LogP contribution in [0.1, 0.15) is 85.0 Å². The Morgan fingerprint density at radius 3 is 2.44 bits per heavy atom. The molecule has 4 fully saturated rings. The van der Waals surface area contributed by atoms with Crippen molar-refractivity contribution >= 4 is 11.6 Å². The van der Waals surface area contributed by atoms with E-state index in [0.29, 0.717) is 41.9 Å². The third-order valence-corrected chi connectivity index (χ3v) is 11.6. The number of methoxy groups -OCH3 is 1. The molecule has 0 aliphatic heterocycles. The Kier molecular flexibility index (Phi) is 7.19. The average molecular weight is 498 g/mol. The Morgan fingerprint density at radius 2 is 1.72 bits per heavy atom. The number of amides is 1. The number of aliphatic hydroxyl groups is 2. The lowest BCUT2D eigenvalue weighted by Crippen LogP contribution is -2.58. The van der Waals surface area contributed by atoms with Gasteiger partial charge in [-0.15, -0.1) is 0 Å². The molecule has 1 aromatic carbocycles. The van der Waals surface area contributed by atoms with Crippen molar-refractivity contribution in [3.8, 4) is 5.75 Å². The van der Waals surface area contributed by atoms with Crippen LogP contribution in [0.2, 0.25) is 0 Å². The molecule has 10 atom stereocenters. The first-order chi connectivity index (χ1) is 17.2. The zero-order valence-corrected chi connectivity index (χ0v) is 22.7. The number of carbonyl (C=O) groups is 1. The smallest absolute Gasteiger partial charge is 0.224 e. The molecule has 5 rings (SSSR count). The molecule has 1 aromatic rings. The lowest BCUT2D eigenvalue weighted by molar-refractivity contribution is -0.174. The van der Waals surface area contributed by atoms with Gasteiger partial charge in [-0.3, -0.25) is 4.79 Å². The summed E-state index contributed by atoms with van der Waals surface area (Å²) in [6, 6.07) is 7.50. The minimum Gasteiger partial charge on any atom is -0.497 e. The fourth-order valence-electron chi connectivity index (χ4n) is 9.63. The number of aliphatic hydroxyl groups excluding tert-OH is 2. The third kappa shape index (κ3) is 4.49. The summed E-state index contributed by atoms with van der Waals surface area (Å²) in [5.41, 5.74) is 1.34. The molecule has 5 heteroatoms. The molecule has 5 nitrogen and oxygen atoms in total. The van der Waals surface area contributed by atoms with Crippen LogP contribution in [0.15, 0.2) is 24.3 Å². The molecule has 4 aliphatic carbocycles. The molecule has 3 N–H and O–H groups in total. The normalized spacial score (nSPS) is 42.6. The first-order valence-corrected chi connectivity index (χ1v) is 14.5. The maximum absolute atomic E-state index is 12.7. The second-order valence-electron chi connectivity index (χ2n) is 13.2. The van der Waals surface area contributed by atoms with Gasteiger partial charge in [0, 0.05) is 12.1 Å². The lowest BCUT2D eigenvalue weighted by atomic mass is 9.43. The predicted molar refractivity (Wildman–Crippen MR) is 143 cm³/mol. The predicted octanol–water partition coefficient (Wildman–Crippen LogP) is 6.04. The van der Waals surface area contributed by atoms with E-state index in [-0.39, 0.29) is 28.9 Å². The quantitative estimate of drug-likeness (QED) is 0.448. The standard InChI is InChI=1S/C31H47NO4/c1-19(5-12-28(35)32-21-6-8-23(36-4)9-7-21)24-10-11-25-29-26(14-16-31(24,25)3)30(2)15-13-22(33)17-20(30)18-27(29)34/h6-9,19-20,22,24-27,29,33-34H,5,10-18H2,1-4H3,(H,32,35). The van der Waals surface area contributed by atoms with Crippen molar-refractivity contribution in [2.45, 2.75) is 97.2 Å². The molecule has 0 radical (unpaired) electrons. The van der Waals surface area contributed by atoms with Crippen LogP contribution in [0, 0.1) is 46.3 Å². The molecule has 0 heterocycles. The molecule has 0 saturated heterocycles. The molecule has 10 unspecified atom stereocenters. The highest BCUT2D eigenvalue weighted by molar-refractivity contribution is 5.90. The monoisotopic (exact) mass is 497 g/mol. The number of rotatable bonds is 6. The van der Waals surface area contributed by atoms with E-state index in [1.54, 1.807) is 7.11 Å². The van der Waals surface area contributed by atoms with Crippen LogP contribution in [-0.2, 0) is 4.79 Å². The van der Waals surface area contributed by atoms with Gasteiger partial charge in [0.2, 0.25) is 5.91 Å². The van der Waals surface area contributed by atoms with E-state index >= 15 is 0 Å². The van der Waals surface area contributed by atoms with Crippen LogP contribution in [0.4, 0.5) is 5.69 Å². The highest BCUT2D eigenvalue weighted by atomic mass is 16.5. The number of ether oxygens (including phenoxy) is 1. The number of carbonyl (C=O) groups excluding carboxylic acids is 1. The van der Waals surface area contributed by atoms with Gasteiger partial charge >= 0.3 is 0 Å². The summed E-state index contributed by atoms with van der Waals surface area (Å²) in [5.74, 6) is 4.00. The van der Waals surface area contributed by atoms with E-state index in [0.717, 1.165) is 43.5 Å². The topological polar surface area (TPSA) is 78.8 Å². The van der Waals surface area contributed by atoms with Crippen molar-refractivity contribution in [3.63, 3.8) is 0 Å². The van der Waals surface area contributed by atoms with Crippen molar-refractivity contribution < 1.29 is 19.7 Å². The molecule has 0 aromatic heterocycles. The maximum atomic E-state index is 12.7. The molecule has 0 spiro atoms. The van der Waals surface area contributed by atoms with E-state index in [2.05, 4.69) is 26.1 Å². The van der Waals surface area contributed by atoms with Crippen LogP contribution in [-0.4, -0.2) is 35.4 Å². The van der Waals surface area contributed by atoms with Crippen molar-refractivity contribution in [2.75, 3.05) is 12.4 Å². The van der Waals surface area contributed by atoms with Gasteiger partial charge in [-0.05, 0) is 128 Å². The van der Waals surface area contributed by atoms with Gasteiger partial charge in [-0.1, -0.05) is 20.8 Å². The number of fused-ring (bicyclic) bond motifs is 5. The summed E-state index contributed by atoms with van der Waals surface area (Å²) in [6.45, 7) is 7.33. The highest BCUT2D eigenvalue weighted by Gasteiger charge is 2.62. The number of hydrogen-bond donors (Lipinski definition) is 3. The number of benzene rings is 1. The van der Waals surface area contributed by atoms with Gasteiger partial charge in [-0.25, -0.2) is 0 Å². The third-order valence-electron chi connectivity index (χ3n) is 11.6. The zero-order valence-electron chi connectivity index (χ0n) is 22.7. The first-order valence-electron chi connectivity index (χ1n) is 14.5. The van der Waals surface area contributed by atoms with Gasteiger partial charge in [0.25, 0.3) is 0 Å². The van der Waals surface area contributed by atoms with Crippen LogP contribution in [0.5, 0.6) is 5.75 Å². The summed E-state index contributed by atoms with van der Waals surface area (Å²) in [7, 11) is 1.64. The first kappa shape index (κ1) is 26.0. The summed E-state index contributed by atoms with van der Waals surface area (Å²) >= 11 is 0. The lowest BCUT2D eigenvalue weighted by Gasteiger charge is -2.62. The van der Waals surface area contributed by atoms with Crippen molar-refractivity contribution in [1.29, 1.82) is 0 Å². The summed E-state index contributed by atoms with van der Waals surface area (Å²) < 4.78 is 5.20. The van der Waals surface area contributed by atoms with Gasteiger partial charge < -0.3 is 20.3 Å². The Hall–Kier alpha value is -1.59. The second kappa shape index (κ2) is 9.94. The van der Waals surface area contributed by atoms with E-state index in [1.807, 2.05) is 24.3 Å². The molecular formula is C31H47NO4. The molecule has 36 heavy (non-hydrogen) atoms. The van der Waals surface area contributed by atoms with Crippen LogP contribution < -0.4 is 10.1 Å². The van der Waals surface area contributed by atoms with Crippen LogP contribution in [0.25, 0.3) is 0 Å². The molecule has 200 valence electrons.